The molecule has 1 heterocycles. The monoisotopic (exact) mass is 347 g/mol. The molecule has 1 fully saturated rings. The number of benzene rings is 2. The van der Waals surface area contributed by atoms with Gasteiger partial charge in [0.2, 0.25) is 0 Å². The second kappa shape index (κ2) is 7.61. The van der Waals surface area contributed by atoms with E-state index in [2.05, 4.69) is 0 Å². The molecule has 0 amide bonds. The van der Waals surface area contributed by atoms with Crippen molar-refractivity contribution >= 4 is 5.97 Å². The van der Waals surface area contributed by atoms with E-state index >= 15 is 0 Å². The Bertz CT molecular complexity index is 729. The molecule has 132 valence electrons. The summed E-state index contributed by atoms with van der Waals surface area (Å²) in [7, 11) is 0. The van der Waals surface area contributed by atoms with Gasteiger partial charge in [0.1, 0.15) is 29.2 Å². The maximum atomic E-state index is 13.2. The molecule has 1 unspecified atom stereocenters. The van der Waals surface area contributed by atoms with Crippen molar-refractivity contribution in [2.45, 2.75) is 31.8 Å². The number of aliphatic carboxylic acids is 1. The highest BCUT2D eigenvalue weighted by Crippen LogP contribution is 2.25. The van der Waals surface area contributed by atoms with Gasteiger partial charge >= 0.3 is 5.97 Å². The van der Waals surface area contributed by atoms with Crippen molar-refractivity contribution < 1.29 is 23.4 Å². The van der Waals surface area contributed by atoms with Gasteiger partial charge in [-0.15, -0.1) is 0 Å². The molecule has 1 aliphatic rings. The van der Waals surface area contributed by atoms with Gasteiger partial charge in [-0.2, -0.15) is 0 Å². The van der Waals surface area contributed by atoms with Gasteiger partial charge in [-0.25, -0.2) is 8.78 Å². The summed E-state index contributed by atoms with van der Waals surface area (Å²) in [4.78, 5) is 13.3. The Hall–Kier alpha value is -2.47. The summed E-state index contributed by atoms with van der Waals surface area (Å²) in [6.07, 6.45) is 2.60. The van der Waals surface area contributed by atoms with Crippen LogP contribution in [0.15, 0.2) is 42.5 Å². The average Bonchev–Trinajstić information content (AvgIpc) is 2.56. The van der Waals surface area contributed by atoms with Crippen LogP contribution in [0.4, 0.5) is 8.78 Å². The van der Waals surface area contributed by atoms with Gasteiger partial charge in [0.25, 0.3) is 0 Å². The smallest absolute Gasteiger partial charge is 0.320 e. The van der Waals surface area contributed by atoms with Crippen molar-refractivity contribution in [2.75, 3.05) is 6.54 Å². The molecule has 1 aliphatic heterocycles. The third-order valence-corrected chi connectivity index (χ3v) is 4.28. The molecular formula is C19H19F2NO3. The Morgan fingerprint density at radius 2 is 1.76 bits per heavy atom. The fourth-order valence-corrected chi connectivity index (χ4v) is 3.08. The molecule has 3 rings (SSSR count). The largest absolute Gasteiger partial charge is 0.480 e. The van der Waals surface area contributed by atoms with Gasteiger partial charge in [0.15, 0.2) is 0 Å². The number of halogens is 2. The third kappa shape index (κ3) is 4.54. The Labute approximate surface area is 144 Å². The van der Waals surface area contributed by atoms with Crippen LogP contribution in [-0.4, -0.2) is 28.6 Å². The van der Waals surface area contributed by atoms with Crippen molar-refractivity contribution in [3.05, 3.63) is 59.7 Å². The Balaban J connectivity index is 1.66. The van der Waals surface area contributed by atoms with Crippen LogP contribution in [0.2, 0.25) is 0 Å². The van der Waals surface area contributed by atoms with Gasteiger partial charge in [-0.05, 0) is 37.1 Å². The zero-order valence-electron chi connectivity index (χ0n) is 13.6. The van der Waals surface area contributed by atoms with Crippen LogP contribution in [-0.2, 0) is 11.3 Å². The summed E-state index contributed by atoms with van der Waals surface area (Å²) in [6.45, 7) is 1.31. The molecular weight excluding hydrogens is 328 g/mol. The number of carboxylic acids is 1. The highest BCUT2D eigenvalue weighted by Gasteiger charge is 2.28. The van der Waals surface area contributed by atoms with Gasteiger partial charge in [-0.3, -0.25) is 9.69 Å². The van der Waals surface area contributed by atoms with Gasteiger partial charge in [-0.1, -0.05) is 18.6 Å². The second-order valence-corrected chi connectivity index (χ2v) is 6.17. The predicted octanol–water partition coefficient (Wildman–Crippen LogP) is 4.20. The maximum absolute atomic E-state index is 13.2. The molecule has 1 saturated heterocycles. The number of ether oxygens (including phenoxy) is 1. The van der Waals surface area contributed by atoms with Crippen molar-refractivity contribution in [1.82, 2.24) is 4.90 Å². The molecule has 0 saturated carbocycles. The van der Waals surface area contributed by atoms with E-state index in [4.69, 9.17) is 4.74 Å². The number of carbonyl (C=O) groups is 1. The minimum Gasteiger partial charge on any atom is -0.480 e. The average molecular weight is 347 g/mol. The van der Waals surface area contributed by atoms with E-state index in [1.54, 1.807) is 12.1 Å². The first-order valence-corrected chi connectivity index (χ1v) is 8.21. The SMILES string of the molecule is O=C(O)C1CCCCN1Cc1ccc(Oc2cc(F)cc(F)c2)cc1. The van der Waals surface area contributed by atoms with Crippen molar-refractivity contribution in [3.8, 4) is 11.5 Å². The minimum atomic E-state index is -0.784. The van der Waals surface area contributed by atoms with Crippen LogP contribution in [0.1, 0.15) is 24.8 Å². The van der Waals surface area contributed by atoms with Gasteiger partial charge < -0.3 is 9.84 Å². The molecule has 0 spiro atoms. The van der Waals surface area contributed by atoms with E-state index in [0.717, 1.165) is 43.1 Å². The lowest BCUT2D eigenvalue weighted by molar-refractivity contribution is -0.144. The summed E-state index contributed by atoms with van der Waals surface area (Å²) < 4.78 is 31.8. The number of piperidine rings is 1. The molecule has 1 atom stereocenters. The summed E-state index contributed by atoms with van der Waals surface area (Å²) in [5.41, 5.74) is 0.964. The summed E-state index contributed by atoms with van der Waals surface area (Å²) >= 11 is 0. The lowest BCUT2D eigenvalue weighted by Crippen LogP contribution is -2.43. The number of hydrogen-bond acceptors (Lipinski definition) is 3. The maximum Gasteiger partial charge on any atom is 0.320 e. The number of carboxylic acid groups (broad SMARTS) is 1. The molecule has 6 heteroatoms. The molecule has 0 aliphatic carbocycles. The molecule has 2 aromatic carbocycles. The highest BCUT2D eigenvalue weighted by molar-refractivity contribution is 5.73. The van der Waals surface area contributed by atoms with Crippen LogP contribution in [0.5, 0.6) is 11.5 Å². The molecule has 0 radical (unpaired) electrons. The van der Waals surface area contributed by atoms with E-state index in [1.165, 1.54) is 0 Å². The Kier molecular flexibility index (Phi) is 5.28. The second-order valence-electron chi connectivity index (χ2n) is 6.17. The quantitative estimate of drug-likeness (QED) is 0.881. The van der Waals surface area contributed by atoms with E-state index < -0.39 is 23.6 Å². The summed E-state index contributed by atoms with van der Waals surface area (Å²) in [5, 5.41) is 9.32. The van der Waals surface area contributed by atoms with Crippen LogP contribution in [0.3, 0.4) is 0 Å². The molecule has 1 N–H and O–H groups in total. The van der Waals surface area contributed by atoms with E-state index in [0.29, 0.717) is 18.7 Å². The third-order valence-electron chi connectivity index (χ3n) is 4.28. The number of hydrogen-bond donors (Lipinski definition) is 1. The molecule has 2 aromatic rings. The highest BCUT2D eigenvalue weighted by atomic mass is 19.1. The predicted molar refractivity (Wildman–Crippen MR) is 88.6 cm³/mol. The first-order valence-electron chi connectivity index (χ1n) is 8.21. The Morgan fingerprint density at radius 1 is 1.08 bits per heavy atom. The Morgan fingerprint density at radius 3 is 2.40 bits per heavy atom. The first kappa shape index (κ1) is 17.4. The van der Waals surface area contributed by atoms with Crippen LogP contribution >= 0.6 is 0 Å². The number of likely N-dealkylation sites (tertiary alicyclic amines) is 1. The zero-order chi connectivity index (χ0) is 17.8. The van der Waals surface area contributed by atoms with Crippen LogP contribution < -0.4 is 4.74 Å². The molecule has 25 heavy (non-hydrogen) atoms. The van der Waals surface area contributed by atoms with E-state index in [-0.39, 0.29) is 5.75 Å². The number of nitrogens with zero attached hydrogens (tertiary/aromatic N) is 1. The molecule has 0 bridgehead atoms. The van der Waals surface area contributed by atoms with Gasteiger partial charge in [0, 0.05) is 24.7 Å². The van der Waals surface area contributed by atoms with E-state index in [9.17, 15) is 18.7 Å². The van der Waals surface area contributed by atoms with Crippen molar-refractivity contribution in [1.29, 1.82) is 0 Å². The molecule has 0 aromatic heterocycles. The fraction of sp³-hybridized carbons (Fsp3) is 0.316. The lowest BCUT2D eigenvalue weighted by atomic mass is 10.0. The van der Waals surface area contributed by atoms with E-state index in [1.807, 2.05) is 17.0 Å². The zero-order valence-corrected chi connectivity index (χ0v) is 13.6. The standard InChI is InChI=1S/C19H19F2NO3/c20-14-9-15(21)11-17(10-14)25-16-6-4-13(5-7-16)12-22-8-2-1-3-18(22)19(23)24/h4-7,9-11,18H,1-3,8,12H2,(H,23,24). The normalized spacial score (nSPS) is 18.1. The lowest BCUT2D eigenvalue weighted by Gasteiger charge is -2.32. The van der Waals surface area contributed by atoms with Crippen molar-refractivity contribution in [3.63, 3.8) is 0 Å². The minimum absolute atomic E-state index is 0.0900. The summed E-state index contributed by atoms with van der Waals surface area (Å²) in [6, 6.07) is 9.64. The fourth-order valence-electron chi connectivity index (χ4n) is 3.08. The first-order chi connectivity index (χ1) is 12.0. The van der Waals surface area contributed by atoms with Crippen molar-refractivity contribution in [2.24, 2.45) is 0 Å². The van der Waals surface area contributed by atoms with Crippen LogP contribution in [0.25, 0.3) is 0 Å². The van der Waals surface area contributed by atoms with Gasteiger partial charge in [0.05, 0.1) is 0 Å². The summed E-state index contributed by atoms with van der Waals surface area (Å²) in [5.74, 6) is -1.63. The number of rotatable bonds is 5. The molecule has 4 nitrogen and oxygen atoms in total. The topological polar surface area (TPSA) is 49.8 Å². The van der Waals surface area contributed by atoms with Crippen LogP contribution in [0, 0.1) is 11.6 Å².